The lowest BCUT2D eigenvalue weighted by Crippen LogP contribution is -2.06. The van der Waals surface area contributed by atoms with E-state index in [9.17, 15) is 8.42 Å². The molecule has 0 unspecified atom stereocenters. The van der Waals surface area contributed by atoms with Crippen molar-refractivity contribution in [3.05, 3.63) is 58.5 Å². The molecule has 3 rings (SSSR count). The molecule has 8 heteroatoms. The Bertz CT molecular complexity index is 1020. The normalized spacial score (nSPS) is 11.8. The topological polar surface area (TPSA) is 90.9 Å². The fourth-order valence-corrected chi connectivity index (χ4v) is 4.04. The zero-order valence-corrected chi connectivity index (χ0v) is 16.2. The zero-order chi connectivity index (χ0) is 18.9. The van der Waals surface area contributed by atoms with Crippen LogP contribution in [0.4, 0.5) is 0 Å². The minimum atomic E-state index is -3.49. The van der Waals surface area contributed by atoms with E-state index in [4.69, 9.17) is 4.52 Å². The summed E-state index contributed by atoms with van der Waals surface area (Å²) in [7, 11) is -1.58. The van der Waals surface area contributed by atoms with E-state index in [1.807, 2.05) is 32.5 Å². The molecule has 0 spiro atoms. The highest BCUT2D eigenvalue weighted by Gasteiger charge is 2.19. The van der Waals surface area contributed by atoms with Gasteiger partial charge in [-0.3, -0.25) is 4.68 Å². The maximum Gasteiger partial charge on any atom is 0.227 e. The molecule has 0 amide bonds. The molecule has 7 nitrogen and oxygen atoms in total. The monoisotopic (exact) mass is 374 g/mol. The summed E-state index contributed by atoms with van der Waals surface area (Å²) in [4.78, 5) is 4.50. The summed E-state index contributed by atoms with van der Waals surface area (Å²) in [6.45, 7) is 5.89. The van der Waals surface area contributed by atoms with Crippen LogP contribution in [0.15, 0.2) is 33.7 Å². The lowest BCUT2D eigenvalue weighted by Gasteiger charge is -2.01. The molecule has 0 saturated carbocycles. The number of aryl methyl sites for hydroxylation is 4. The number of hydrogen-bond donors (Lipinski definition) is 0. The predicted octanol–water partition coefficient (Wildman–Crippen LogP) is 2.49. The van der Waals surface area contributed by atoms with E-state index in [-0.39, 0.29) is 16.5 Å². The van der Waals surface area contributed by atoms with Gasteiger partial charge in [0.15, 0.2) is 15.7 Å². The summed E-state index contributed by atoms with van der Waals surface area (Å²) < 4.78 is 32.0. The molecule has 0 bridgehead atoms. The maximum atomic E-state index is 12.5. The largest absolute Gasteiger partial charge is 0.339 e. The van der Waals surface area contributed by atoms with Gasteiger partial charge in [-0.1, -0.05) is 22.9 Å². The fourth-order valence-electron chi connectivity index (χ4n) is 2.86. The number of nitrogens with zero attached hydrogens (tertiary/aromatic N) is 4. The van der Waals surface area contributed by atoms with Gasteiger partial charge in [0, 0.05) is 19.2 Å². The molecule has 0 atom stereocenters. The van der Waals surface area contributed by atoms with Gasteiger partial charge in [-0.2, -0.15) is 10.1 Å². The number of aromatic nitrogens is 4. The van der Waals surface area contributed by atoms with Crippen molar-refractivity contribution in [2.24, 2.45) is 7.05 Å². The van der Waals surface area contributed by atoms with Crippen LogP contribution in [0.1, 0.15) is 34.2 Å². The van der Waals surface area contributed by atoms with Gasteiger partial charge in [0.1, 0.15) is 5.75 Å². The average molecular weight is 374 g/mol. The molecular formula is C18H22N4O3S. The molecular weight excluding hydrogens is 352 g/mol. The number of rotatable bonds is 6. The van der Waals surface area contributed by atoms with Crippen molar-refractivity contribution >= 4 is 9.84 Å². The molecule has 2 aromatic heterocycles. The van der Waals surface area contributed by atoms with Crippen molar-refractivity contribution in [1.29, 1.82) is 0 Å². The van der Waals surface area contributed by atoms with E-state index in [2.05, 4.69) is 15.2 Å². The van der Waals surface area contributed by atoms with Crippen LogP contribution in [0.2, 0.25) is 0 Å². The van der Waals surface area contributed by atoms with Crippen LogP contribution in [0.5, 0.6) is 0 Å². The average Bonchev–Trinajstić information content (AvgIpc) is 3.10. The van der Waals surface area contributed by atoms with E-state index in [1.54, 1.807) is 24.3 Å². The number of benzene rings is 1. The maximum absolute atomic E-state index is 12.5. The van der Waals surface area contributed by atoms with Crippen LogP contribution < -0.4 is 0 Å². The molecule has 0 fully saturated rings. The molecule has 0 aliphatic rings. The molecule has 3 aromatic rings. The summed E-state index contributed by atoms with van der Waals surface area (Å²) >= 11 is 0. The third-order valence-corrected chi connectivity index (χ3v) is 6.09. The summed E-state index contributed by atoms with van der Waals surface area (Å²) in [5, 5.41) is 8.21. The first kappa shape index (κ1) is 18.3. The van der Waals surface area contributed by atoms with Crippen LogP contribution >= 0.6 is 0 Å². The van der Waals surface area contributed by atoms with Crippen molar-refractivity contribution < 1.29 is 12.9 Å². The molecule has 0 radical (unpaired) electrons. The zero-order valence-electron chi connectivity index (χ0n) is 15.4. The Hall–Kier alpha value is -2.48. The van der Waals surface area contributed by atoms with Crippen molar-refractivity contribution in [2.75, 3.05) is 0 Å². The second kappa shape index (κ2) is 7.03. The summed E-state index contributed by atoms with van der Waals surface area (Å²) in [5.41, 5.74) is 4.24. The van der Waals surface area contributed by atoms with Gasteiger partial charge in [0.2, 0.25) is 5.89 Å². The van der Waals surface area contributed by atoms with Crippen molar-refractivity contribution in [3.8, 4) is 0 Å². The Morgan fingerprint density at radius 2 is 1.77 bits per heavy atom. The van der Waals surface area contributed by atoms with Crippen LogP contribution in [-0.4, -0.2) is 28.3 Å². The third-order valence-electron chi connectivity index (χ3n) is 4.46. The molecule has 26 heavy (non-hydrogen) atoms. The molecule has 138 valence electrons. The van der Waals surface area contributed by atoms with Crippen LogP contribution in [0, 0.1) is 20.8 Å². The molecule has 0 aliphatic heterocycles. The predicted molar refractivity (Wildman–Crippen MR) is 96.5 cm³/mol. The van der Waals surface area contributed by atoms with Gasteiger partial charge >= 0.3 is 0 Å². The van der Waals surface area contributed by atoms with Crippen molar-refractivity contribution in [1.82, 2.24) is 19.9 Å². The Morgan fingerprint density at radius 3 is 2.38 bits per heavy atom. The van der Waals surface area contributed by atoms with Crippen LogP contribution in [0.3, 0.4) is 0 Å². The van der Waals surface area contributed by atoms with Crippen molar-refractivity contribution in [2.45, 2.75) is 44.3 Å². The van der Waals surface area contributed by atoms with Gasteiger partial charge < -0.3 is 4.52 Å². The van der Waals surface area contributed by atoms with E-state index in [1.165, 1.54) is 0 Å². The van der Waals surface area contributed by atoms with Crippen molar-refractivity contribution in [3.63, 3.8) is 0 Å². The number of hydrogen-bond acceptors (Lipinski definition) is 6. The van der Waals surface area contributed by atoms with Gasteiger partial charge in [0.25, 0.3) is 0 Å². The smallest absolute Gasteiger partial charge is 0.227 e. The summed E-state index contributed by atoms with van der Waals surface area (Å²) in [6.07, 6.45) is 1.27. The third kappa shape index (κ3) is 3.85. The van der Waals surface area contributed by atoms with Crippen LogP contribution in [0.25, 0.3) is 0 Å². The lowest BCUT2D eigenvalue weighted by molar-refractivity contribution is 0.374. The number of sulfone groups is 1. The van der Waals surface area contributed by atoms with Crippen LogP contribution in [-0.2, 0) is 35.5 Å². The van der Waals surface area contributed by atoms with Gasteiger partial charge in [0.05, 0.1) is 10.6 Å². The van der Waals surface area contributed by atoms with E-state index in [0.29, 0.717) is 12.3 Å². The van der Waals surface area contributed by atoms with Gasteiger partial charge in [-0.15, -0.1) is 0 Å². The SMILES string of the molecule is Cc1ccc(S(=O)(=O)Cc2noc(CCc3c(C)nn(C)c3C)n2)cc1. The minimum absolute atomic E-state index is 0.181. The Balaban J connectivity index is 1.69. The first-order valence-corrected chi connectivity index (χ1v) is 10.0. The fraction of sp³-hybridized carbons (Fsp3) is 0.389. The molecule has 0 N–H and O–H groups in total. The van der Waals surface area contributed by atoms with E-state index in [0.717, 1.165) is 28.9 Å². The summed E-state index contributed by atoms with van der Waals surface area (Å²) in [5.74, 6) is 0.340. The Labute approximate surface area is 153 Å². The second-order valence-corrected chi connectivity index (χ2v) is 8.44. The quantitative estimate of drug-likeness (QED) is 0.658. The van der Waals surface area contributed by atoms with E-state index >= 15 is 0 Å². The van der Waals surface area contributed by atoms with Gasteiger partial charge in [-0.05, 0) is 44.9 Å². The Kier molecular flexibility index (Phi) is 4.95. The summed E-state index contributed by atoms with van der Waals surface area (Å²) in [6, 6.07) is 6.74. The lowest BCUT2D eigenvalue weighted by atomic mass is 10.1. The van der Waals surface area contributed by atoms with Gasteiger partial charge in [-0.25, -0.2) is 8.42 Å². The second-order valence-electron chi connectivity index (χ2n) is 6.45. The highest BCUT2D eigenvalue weighted by molar-refractivity contribution is 7.90. The standard InChI is InChI=1S/C18H22N4O3S/c1-12-5-7-15(8-6-12)26(23,24)11-17-19-18(25-21-17)10-9-16-13(2)20-22(4)14(16)3/h5-8H,9-11H2,1-4H3. The highest BCUT2D eigenvalue weighted by atomic mass is 32.2. The Morgan fingerprint density at radius 1 is 1.08 bits per heavy atom. The highest BCUT2D eigenvalue weighted by Crippen LogP contribution is 2.17. The molecule has 0 aliphatic carbocycles. The molecule has 1 aromatic carbocycles. The molecule has 2 heterocycles. The van der Waals surface area contributed by atoms with E-state index < -0.39 is 9.84 Å². The minimum Gasteiger partial charge on any atom is -0.339 e. The first-order chi connectivity index (χ1) is 12.3. The molecule has 0 saturated heterocycles. The first-order valence-electron chi connectivity index (χ1n) is 8.36.